The van der Waals surface area contributed by atoms with E-state index in [9.17, 15) is 4.39 Å². The zero-order valence-electron chi connectivity index (χ0n) is 22.7. The number of halogens is 2. The molecule has 3 N–H and O–H groups in total. The zero-order valence-corrected chi connectivity index (χ0v) is 23.5. The van der Waals surface area contributed by atoms with Gasteiger partial charge in [-0.1, -0.05) is 61.7 Å². The highest BCUT2D eigenvalue weighted by atomic mass is 32.1. The van der Waals surface area contributed by atoms with Crippen LogP contribution in [0.5, 0.6) is 0 Å². The van der Waals surface area contributed by atoms with Crippen LogP contribution in [0, 0.1) is 5.13 Å². The summed E-state index contributed by atoms with van der Waals surface area (Å²) in [5.74, 6) is -0.183. The van der Waals surface area contributed by atoms with Crippen LogP contribution in [0.4, 0.5) is 14.5 Å². The highest BCUT2D eigenvalue weighted by molar-refractivity contribution is 7.14. The Hall–Kier alpha value is -5.15. The van der Waals surface area contributed by atoms with Gasteiger partial charge in [0, 0.05) is 39.9 Å². The summed E-state index contributed by atoms with van der Waals surface area (Å²) in [5, 5.41) is 11.0. The number of hydrogen-bond acceptors (Lipinski definition) is 5. The number of allylic oxidation sites excluding steroid dienone is 2. The van der Waals surface area contributed by atoms with Crippen molar-refractivity contribution < 1.29 is 8.78 Å². The van der Waals surface area contributed by atoms with Crippen LogP contribution in [0.2, 0.25) is 0 Å². The summed E-state index contributed by atoms with van der Waals surface area (Å²) in [7, 11) is 0. The molecule has 0 radical (unpaired) electrons. The van der Waals surface area contributed by atoms with Gasteiger partial charge in [-0.2, -0.15) is 9.49 Å². The molecule has 4 aromatic heterocycles. The lowest BCUT2D eigenvalue weighted by atomic mass is 10.1. The van der Waals surface area contributed by atoms with E-state index < -0.39 is 5.83 Å². The van der Waals surface area contributed by atoms with Gasteiger partial charge in [-0.25, -0.2) is 9.37 Å². The maximum absolute atomic E-state index is 16.3. The number of pyridine rings is 1. The summed E-state index contributed by atoms with van der Waals surface area (Å²) in [5.41, 5.74) is 5.69. The molecule has 0 amide bonds. The molecule has 0 fully saturated rings. The maximum Gasteiger partial charge on any atom is 0.176 e. The molecule has 0 aliphatic heterocycles. The van der Waals surface area contributed by atoms with Gasteiger partial charge in [-0.3, -0.25) is 10.1 Å². The normalized spacial score (nSPS) is 12.5. The first-order chi connectivity index (χ1) is 20.4. The number of benzene rings is 2. The van der Waals surface area contributed by atoms with Gasteiger partial charge in [0.25, 0.3) is 0 Å². The number of hydrogen-bond donors (Lipinski definition) is 3. The SMILES string of the molecule is C=C(Cc1ccccc1)Nc1cncc(C(=C)/C(F)=c2/c(-c3nc4c(-c5ccc(F)s5)cccc4[nH]3)n[nH]/c2=C/C)c1. The van der Waals surface area contributed by atoms with Crippen LogP contribution >= 0.6 is 11.3 Å². The smallest absolute Gasteiger partial charge is 0.176 e. The van der Waals surface area contributed by atoms with Crippen molar-refractivity contribution in [3.05, 3.63) is 125 Å². The van der Waals surface area contributed by atoms with Crippen molar-refractivity contribution in [2.45, 2.75) is 13.3 Å². The Bertz CT molecular complexity index is 2070. The number of imidazole rings is 1. The first-order valence-electron chi connectivity index (χ1n) is 13.2. The number of thiophene rings is 1. The third kappa shape index (κ3) is 5.29. The molecular formula is C33H26F2N6S. The third-order valence-electron chi connectivity index (χ3n) is 6.81. The molecule has 6 rings (SSSR count). The fourth-order valence-electron chi connectivity index (χ4n) is 4.80. The molecule has 9 heteroatoms. The lowest BCUT2D eigenvalue weighted by Crippen LogP contribution is -2.26. The number of rotatable bonds is 8. The summed E-state index contributed by atoms with van der Waals surface area (Å²) in [6.07, 6.45) is 5.60. The molecule has 0 unspecified atom stereocenters. The van der Waals surface area contributed by atoms with Gasteiger partial charge < -0.3 is 10.3 Å². The van der Waals surface area contributed by atoms with E-state index in [-0.39, 0.29) is 15.9 Å². The second kappa shape index (κ2) is 11.4. The summed E-state index contributed by atoms with van der Waals surface area (Å²) in [6.45, 7) is 9.97. The molecule has 208 valence electrons. The van der Waals surface area contributed by atoms with Crippen LogP contribution in [0.15, 0.2) is 98.0 Å². The summed E-state index contributed by atoms with van der Waals surface area (Å²) in [4.78, 5) is 13.1. The molecule has 0 aliphatic rings. The Morgan fingerprint density at radius 3 is 2.64 bits per heavy atom. The molecular weight excluding hydrogens is 550 g/mol. The average Bonchev–Trinajstić information content (AvgIpc) is 3.74. The van der Waals surface area contributed by atoms with Gasteiger partial charge in [0.15, 0.2) is 11.0 Å². The molecule has 0 atom stereocenters. The maximum atomic E-state index is 16.3. The van der Waals surface area contributed by atoms with E-state index in [1.54, 1.807) is 37.5 Å². The lowest BCUT2D eigenvalue weighted by molar-refractivity contribution is 0.657. The van der Waals surface area contributed by atoms with Crippen molar-refractivity contribution in [3.63, 3.8) is 0 Å². The van der Waals surface area contributed by atoms with Crippen molar-refractivity contribution in [1.29, 1.82) is 0 Å². The van der Waals surface area contributed by atoms with Crippen LogP contribution < -0.4 is 15.9 Å². The van der Waals surface area contributed by atoms with Crippen LogP contribution in [-0.2, 0) is 6.42 Å². The number of anilines is 1. The number of nitrogens with one attached hydrogen (secondary N) is 3. The summed E-state index contributed by atoms with van der Waals surface area (Å²) in [6, 6.07) is 20.5. The number of aromatic amines is 2. The second-order valence-electron chi connectivity index (χ2n) is 9.69. The number of aromatic nitrogens is 5. The molecule has 42 heavy (non-hydrogen) atoms. The van der Waals surface area contributed by atoms with E-state index in [1.165, 1.54) is 6.07 Å². The molecule has 0 saturated carbocycles. The first kappa shape index (κ1) is 27.0. The quantitative estimate of drug-likeness (QED) is 0.183. The Morgan fingerprint density at radius 2 is 1.88 bits per heavy atom. The Labute approximate surface area is 244 Å². The van der Waals surface area contributed by atoms with Crippen LogP contribution in [0.1, 0.15) is 18.1 Å². The van der Waals surface area contributed by atoms with Gasteiger partial charge in [-0.05, 0) is 36.8 Å². The van der Waals surface area contributed by atoms with E-state index in [1.807, 2.05) is 48.5 Å². The molecule has 6 nitrogen and oxygen atoms in total. The number of para-hydroxylation sites is 1. The van der Waals surface area contributed by atoms with Gasteiger partial charge in [0.2, 0.25) is 0 Å². The Morgan fingerprint density at radius 1 is 1.05 bits per heavy atom. The van der Waals surface area contributed by atoms with E-state index in [4.69, 9.17) is 4.98 Å². The molecule has 6 aromatic rings. The van der Waals surface area contributed by atoms with E-state index >= 15 is 4.39 Å². The van der Waals surface area contributed by atoms with Gasteiger partial charge in [0.05, 0.1) is 33.5 Å². The van der Waals surface area contributed by atoms with Crippen LogP contribution in [-0.4, -0.2) is 25.1 Å². The van der Waals surface area contributed by atoms with E-state index in [0.717, 1.165) is 38.6 Å². The van der Waals surface area contributed by atoms with Crippen molar-refractivity contribution in [3.8, 4) is 22.0 Å². The van der Waals surface area contributed by atoms with Crippen LogP contribution in [0.3, 0.4) is 0 Å². The van der Waals surface area contributed by atoms with Gasteiger partial charge in [-0.15, -0.1) is 11.3 Å². The largest absolute Gasteiger partial charge is 0.358 e. The first-order valence-corrected chi connectivity index (χ1v) is 14.0. The number of H-pyrrole nitrogens is 2. The van der Waals surface area contributed by atoms with Crippen LogP contribution in [0.25, 0.3) is 50.5 Å². The van der Waals surface area contributed by atoms with E-state index in [0.29, 0.717) is 40.1 Å². The minimum Gasteiger partial charge on any atom is -0.358 e. The number of nitrogens with zero attached hydrogens (tertiary/aromatic N) is 3. The van der Waals surface area contributed by atoms with Crippen molar-refractivity contribution in [2.24, 2.45) is 0 Å². The van der Waals surface area contributed by atoms with Gasteiger partial charge in [0.1, 0.15) is 11.5 Å². The summed E-state index contributed by atoms with van der Waals surface area (Å²) >= 11 is 1.04. The fourth-order valence-corrected chi connectivity index (χ4v) is 5.56. The zero-order chi connectivity index (χ0) is 29.2. The minimum absolute atomic E-state index is 0.149. The molecule has 0 aliphatic carbocycles. The standard InChI is InChI=1S/C33H26F2N6S/c1-4-25-29(30(35)20(3)22-16-23(18-36-17-22)37-19(2)15-21-9-6-5-7-10-21)32(41-40-25)33-38-26-12-8-11-24(31(26)39-33)27-13-14-28(34)42-27/h4-14,16-18,37,40H,2-3,15H2,1H3,(H,38,39)/b25-4+,30-29-. The monoisotopic (exact) mass is 576 g/mol. The summed E-state index contributed by atoms with van der Waals surface area (Å²) < 4.78 is 30.1. The minimum atomic E-state index is -0.560. The van der Waals surface area contributed by atoms with Crippen molar-refractivity contribution in [1.82, 2.24) is 25.1 Å². The van der Waals surface area contributed by atoms with Gasteiger partial charge >= 0.3 is 0 Å². The van der Waals surface area contributed by atoms with Crippen molar-refractivity contribution >= 4 is 45.5 Å². The highest BCUT2D eigenvalue weighted by Gasteiger charge is 2.18. The van der Waals surface area contributed by atoms with E-state index in [2.05, 4.69) is 38.6 Å². The lowest BCUT2D eigenvalue weighted by Gasteiger charge is -2.11. The molecule has 4 heterocycles. The highest BCUT2D eigenvalue weighted by Crippen LogP contribution is 2.33. The molecule has 2 aromatic carbocycles. The number of fused-ring (bicyclic) bond motifs is 1. The molecule has 0 bridgehead atoms. The predicted octanol–water partition coefficient (Wildman–Crippen LogP) is 6.98. The predicted molar refractivity (Wildman–Crippen MR) is 167 cm³/mol. The molecule has 0 saturated heterocycles. The second-order valence-corrected chi connectivity index (χ2v) is 10.7. The Kier molecular flexibility index (Phi) is 7.33. The topological polar surface area (TPSA) is 82.3 Å². The van der Waals surface area contributed by atoms with Crippen molar-refractivity contribution in [2.75, 3.05) is 5.32 Å². The molecule has 0 spiro atoms. The fraction of sp³-hybridized carbons (Fsp3) is 0.0606. The third-order valence-corrected chi connectivity index (χ3v) is 7.72. The average molecular weight is 577 g/mol. The Balaban J connectivity index is 1.36.